The van der Waals surface area contributed by atoms with Crippen molar-refractivity contribution in [2.45, 2.75) is 39.5 Å². The van der Waals surface area contributed by atoms with Crippen LogP contribution in [0.15, 0.2) is 30.3 Å². The molecule has 2 aromatic carbocycles. The minimum absolute atomic E-state index is 0.0379. The summed E-state index contributed by atoms with van der Waals surface area (Å²) in [6, 6.07) is 7.51. The van der Waals surface area contributed by atoms with Gasteiger partial charge < -0.3 is 25.2 Å². The normalized spacial score (nSPS) is 10.9. The molecule has 4 N–H and O–H groups in total. The van der Waals surface area contributed by atoms with E-state index >= 15 is 0 Å². The maximum absolute atomic E-state index is 12.9. The molecule has 156 valence electrons. The molecule has 0 amide bonds. The summed E-state index contributed by atoms with van der Waals surface area (Å²) in [5, 5.41) is 38.9. The summed E-state index contributed by atoms with van der Waals surface area (Å²) >= 11 is 0. The average Bonchev–Trinajstić information content (AvgIpc) is 2.64. The van der Waals surface area contributed by atoms with Crippen LogP contribution in [-0.2, 0) is 17.6 Å². The second kappa shape index (κ2) is 9.82. The molecule has 0 saturated carbocycles. The number of rotatable bonds is 10. The molecule has 0 spiro atoms. The number of hydrogen-bond donors (Lipinski definition) is 4. The number of phenolic OH excluding ortho intramolecular Hbond substituents is 3. The first kappa shape index (κ1) is 22.1. The van der Waals surface area contributed by atoms with Crippen LogP contribution in [0.1, 0.15) is 48.2 Å². The fourth-order valence-corrected chi connectivity index (χ4v) is 2.96. The van der Waals surface area contributed by atoms with Crippen molar-refractivity contribution in [3.8, 4) is 23.0 Å². The molecule has 0 unspecified atom stereocenters. The van der Waals surface area contributed by atoms with Crippen LogP contribution in [0.2, 0.25) is 0 Å². The number of carbonyl (C=O) groups is 2. The van der Waals surface area contributed by atoms with E-state index in [4.69, 9.17) is 9.84 Å². The number of carboxylic acids is 1. The Morgan fingerprint density at radius 1 is 1.00 bits per heavy atom. The fourth-order valence-electron chi connectivity index (χ4n) is 2.96. The highest BCUT2D eigenvalue weighted by Gasteiger charge is 2.25. The first-order valence-electron chi connectivity index (χ1n) is 9.42. The van der Waals surface area contributed by atoms with Crippen LogP contribution in [-0.4, -0.2) is 38.8 Å². The maximum Gasteiger partial charge on any atom is 0.341 e. The topological polar surface area (TPSA) is 124 Å². The van der Waals surface area contributed by atoms with Gasteiger partial charge in [-0.25, -0.2) is 4.79 Å². The lowest BCUT2D eigenvalue weighted by Gasteiger charge is -2.18. The third-order valence-corrected chi connectivity index (χ3v) is 4.51. The Bertz CT molecular complexity index is 870. The summed E-state index contributed by atoms with van der Waals surface area (Å²) in [5.74, 6) is -2.00. The minimum Gasteiger partial charge on any atom is -0.508 e. The van der Waals surface area contributed by atoms with Crippen molar-refractivity contribution in [3.05, 3.63) is 47.0 Å². The van der Waals surface area contributed by atoms with Crippen LogP contribution in [0, 0.1) is 5.92 Å². The van der Waals surface area contributed by atoms with Crippen LogP contribution in [0.25, 0.3) is 0 Å². The Balaban J connectivity index is 2.35. The van der Waals surface area contributed by atoms with Crippen LogP contribution >= 0.6 is 0 Å². The molecule has 0 atom stereocenters. The van der Waals surface area contributed by atoms with Gasteiger partial charge in [0.2, 0.25) is 0 Å². The van der Waals surface area contributed by atoms with Gasteiger partial charge in [0.05, 0.1) is 0 Å². The Morgan fingerprint density at radius 3 is 2.24 bits per heavy atom. The lowest BCUT2D eigenvalue weighted by Crippen LogP contribution is -2.14. The lowest BCUT2D eigenvalue weighted by atomic mass is 9.94. The lowest BCUT2D eigenvalue weighted by molar-refractivity contribution is -0.139. The van der Waals surface area contributed by atoms with Gasteiger partial charge in [-0.3, -0.25) is 4.79 Å². The van der Waals surface area contributed by atoms with Crippen LogP contribution in [0.5, 0.6) is 23.0 Å². The largest absolute Gasteiger partial charge is 0.508 e. The number of phenols is 3. The predicted molar refractivity (Wildman–Crippen MR) is 107 cm³/mol. The Labute approximate surface area is 169 Å². The number of ketones is 1. The maximum atomic E-state index is 12.9. The van der Waals surface area contributed by atoms with E-state index in [1.807, 2.05) is 13.8 Å². The van der Waals surface area contributed by atoms with Gasteiger partial charge in [0, 0.05) is 18.1 Å². The van der Waals surface area contributed by atoms with Gasteiger partial charge in [-0.15, -0.1) is 0 Å². The zero-order valence-corrected chi connectivity index (χ0v) is 16.5. The van der Waals surface area contributed by atoms with Crippen molar-refractivity contribution in [2.75, 3.05) is 6.61 Å². The molecule has 0 saturated heterocycles. The molecule has 0 bridgehead atoms. The molecule has 2 rings (SSSR count). The van der Waals surface area contributed by atoms with Crippen molar-refractivity contribution >= 4 is 11.8 Å². The van der Waals surface area contributed by atoms with Crippen LogP contribution < -0.4 is 4.74 Å². The summed E-state index contributed by atoms with van der Waals surface area (Å²) in [6.07, 6.45) is 1.45. The zero-order chi connectivity index (χ0) is 21.6. The molecular formula is C22H26O7. The first-order valence-corrected chi connectivity index (χ1v) is 9.42. The second-order valence-electron chi connectivity index (χ2n) is 7.30. The highest BCUT2D eigenvalue weighted by molar-refractivity contribution is 6.02. The summed E-state index contributed by atoms with van der Waals surface area (Å²) in [4.78, 5) is 23.8. The molecule has 7 nitrogen and oxygen atoms in total. The number of aliphatic carboxylic acids is 1. The first-order chi connectivity index (χ1) is 13.7. The molecule has 7 heteroatoms. The van der Waals surface area contributed by atoms with Crippen LogP contribution in [0.4, 0.5) is 0 Å². The SMILES string of the molecule is CC(C)CCc1c(O)cc(O)c(C(=O)CCc2ccc(O)cc2)c1OCC(=O)O. The molecule has 0 aliphatic rings. The molecule has 29 heavy (non-hydrogen) atoms. The fraction of sp³-hybridized carbons (Fsp3) is 0.364. The molecule has 2 aromatic rings. The number of ether oxygens (including phenoxy) is 1. The Morgan fingerprint density at radius 2 is 1.66 bits per heavy atom. The number of benzene rings is 2. The van der Waals surface area contributed by atoms with Crippen molar-refractivity contribution in [1.82, 2.24) is 0 Å². The van der Waals surface area contributed by atoms with Crippen molar-refractivity contribution < 1.29 is 34.8 Å². The second-order valence-corrected chi connectivity index (χ2v) is 7.30. The van der Waals surface area contributed by atoms with Crippen LogP contribution in [0.3, 0.4) is 0 Å². The van der Waals surface area contributed by atoms with E-state index in [0.29, 0.717) is 30.7 Å². The molecule has 0 heterocycles. The molecule has 0 aliphatic heterocycles. The molecule has 0 aromatic heterocycles. The van der Waals surface area contributed by atoms with Gasteiger partial charge in [-0.2, -0.15) is 0 Å². The van der Waals surface area contributed by atoms with E-state index in [2.05, 4.69) is 0 Å². The van der Waals surface area contributed by atoms with Gasteiger partial charge in [-0.1, -0.05) is 26.0 Å². The minimum atomic E-state index is -1.23. The van der Waals surface area contributed by atoms with Gasteiger partial charge in [0.1, 0.15) is 28.6 Å². The predicted octanol–water partition coefficient (Wildman–Crippen LogP) is 3.67. The van der Waals surface area contributed by atoms with Crippen molar-refractivity contribution in [2.24, 2.45) is 5.92 Å². The van der Waals surface area contributed by atoms with Crippen molar-refractivity contribution in [3.63, 3.8) is 0 Å². The third kappa shape index (κ3) is 6.14. The average molecular weight is 402 g/mol. The van der Waals surface area contributed by atoms with E-state index in [-0.39, 0.29) is 29.2 Å². The van der Waals surface area contributed by atoms with E-state index in [0.717, 1.165) is 11.6 Å². The number of carbonyl (C=O) groups excluding carboxylic acids is 1. The van der Waals surface area contributed by atoms with E-state index in [1.165, 1.54) is 12.1 Å². The number of hydrogen-bond acceptors (Lipinski definition) is 6. The van der Waals surface area contributed by atoms with Gasteiger partial charge in [0.15, 0.2) is 12.4 Å². The summed E-state index contributed by atoms with van der Waals surface area (Å²) < 4.78 is 5.34. The quantitative estimate of drug-likeness (QED) is 0.447. The number of carboxylic acid groups (broad SMARTS) is 1. The number of aryl methyl sites for hydroxylation is 1. The molecule has 0 radical (unpaired) electrons. The van der Waals surface area contributed by atoms with Crippen molar-refractivity contribution in [1.29, 1.82) is 0 Å². The zero-order valence-electron chi connectivity index (χ0n) is 16.5. The summed E-state index contributed by atoms with van der Waals surface area (Å²) in [6.45, 7) is 3.30. The Hall–Kier alpha value is -3.22. The summed E-state index contributed by atoms with van der Waals surface area (Å²) in [7, 11) is 0. The highest BCUT2D eigenvalue weighted by Crippen LogP contribution is 2.40. The smallest absolute Gasteiger partial charge is 0.341 e. The van der Waals surface area contributed by atoms with Gasteiger partial charge in [-0.05, 0) is 42.9 Å². The standard InChI is InChI=1S/C22H26O7/c1-13(2)3-9-16-18(25)11-19(26)21(22(16)29-12-20(27)28)17(24)10-6-14-4-7-15(23)8-5-14/h4-5,7-8,11,13,23,25-26H,3,6,9-10,12H2,1-2H3,(H,27,28). The number of aromatic hydroxyl groups is 3. The van der Waals surface area contributed by atoms with E-state index in [9.17, 15) is 24.9 Å². The third-order valence-electron chi connectivity index (χ3n) is 4.51. The van der Waals surface area contributed by atoms with E-state index < -0.39 is 24.1 Å². The van der Waals surface area contributed by atoms with Gasteiger partial charge in [0.25, 0.3) is 0 Å². The van der Waals surface area contributed by atoms with Gasteiger partial charge >= 0.3 is 5.97 Å². The molecular weight excluding hydrogens is 376 g/mol. The number of Topliss-reactive ketones (excluding diaryl/α,β-unsaturated/α-hetero) is 1. The molecule has 0 aliphatic carbocycles. The summed E-state index contributed by atoms with van der Waals surface area (Å²) in [5.41, 5.74) is 1.01. The monoisotopic (exact) mass is 402 g/mol. The van der Waals surface area contributed by atoms with E-state index in [1.54, 1.807) is 12.1 Å². The molecule has 0 fully saturated rings. The Kier molecular flexibility index (Phi) is 7.47. The highest BCUT2D eigenvalue weighted by atomic mass is 16.5.